The summed E-state index contributed by atoms with van der Waals surface area (Å²) >= 11 is 0. The normalized spacial score (nSPS) is 15.2. The number of sulfonamides is 1. The van der Waals surface area contributed by atoms with Gasteiger partial charge in [0.2, 0.25) is 15.9 Å². The summed E-state index contributed by atoms with van der Waals surface area (Å²) in [7, 11) is 0.0402. The third-order valence-electron chi connectivity index (χ3n) is 4.94. The van der Waals surface area contributed by atoms with E-state index in [-0.39, 0.29) is 25.5 Å². The summed E-state index contributed by atoms with van der Waals surface area (Å²) in [4.78, 5) is 13.6. The third-order valence-corrected chi connectivity index (χ3v) is 6.21. The van der Waals surface area contributed by atoms with Gasteiger partial charge in [-0.15, -0.1) is 0 Å². The number of nitrogens with zero attached hydrogens (tertiary/aromatic N) is 2. The number of carbonyl (C=O) groups excluding carboxylic acids is 1. The number of hydrogen-bond acceptors (Lipinski definition) is 7. The first-order valence-corrected chi connectivity index (χ1v) is 12.8. The van der Waals surface area contributed by atoms with E-state index in [4.69, 9.17) is 0 Å². The van der Waals surface area contributed by atoms with Crippen molar-refractivity contribution in [1.29, 1.82) is 0 Å². The highest BCUT2D eigenvalue weighted by Crippen LogP contribution is 2.12. The maximum atomic E-state index is 12.2. The van der Waals surface area contributed by atoms with Crippen LogP contribution in [0.4, 0.5) is 0 Å². The molecule has 1 amide bonds. The van der Waals surface area contributed by atoms with Crippen LogP contribution in [0.1, 0.15) is 25.8 Å². The highest BCUT2D eigenvalue weighted by molar-refractivity contribution is 7.88. The zero-order valence-electron chi connectivity index (χ0n) is 19.9. The molecule has 0 aliphatic heterocycles. The van der Waals surface area contributed by atoms with Gasteiger partial charge < -0.3 is 20.4 Å². The van der Waals surface area contributed by atoms with Gasteiger partial charge in [0.05, 0.1) is 25.4 Å². The van der Waals surface area contributed by atoms with Crippen molar-refractivity contribution >= 4 is 15.9 Å². The molecule has 1 rings (SSSR count). The molecule has 0 aliphatic carbocycles. The Bertz CT molecular complexity index is 774. The van der Waals surface area contributed by atoms with E-state index in [0.717, 1.165) is 11.8 Å². The predicted octanol–water partition coefficient (Wildman–Crippen LogP) is -0.148. The minimum absolute atomic E-state index is 0.0339. The van der Waals surface area contributed by atoms with Crippen LogP contribution in [0.5, 0.6) is 0 Å². The number of nitrogens with one attached hydrogen (secondary N) is 2. The average molecular weight is 473 g/mol. The van der Waals surface area contributed by atoms with Crippen LogP contribution in [0.15, 0.2) is 30.3 Å². The first-order valence-electron chi connectivity index (χ1n) is 10.9. The molecule has 3 atom stereocenters. The second-order valence-electron chi connectivity index (χ2n) is 8.89. The molecule has 0 saturated carbocycles. The first-order chi connectivity index (χ1) is 14.9. The summed E-state index contributed by atoms with van der Waals surface area (Å²) in [5.41, 5.74) is 0.931. The third kappa shape index (κ3) is 11.9. The molecule has 1 aromatic rings. The van der Waals surface area contributed by atoms with Gasteiger partial charge in [0.15, 0.2) is 0 Å². The van der Waals surface area contributed by atoms with Gasteiger partial charge in [-0.1, -0.05) is 44.2 Å². The van der Waals surface area contributed by atoms with Crippen LogP contribution in [0.2, 0.25) is 0 Å². The van der Waals surface area contributed by atoms with Crippen molar-refractivity contribution in [2.45, 2.75) is 45.1 Å². The fraction of sp³-hybridized carbons (Fsp3) is 0.682. The Balaban J connectivity index is 2.88. The molecule has 32 heavy (non-hydrogen) atoms. The van der Waals surface area contributed by atoms with Gasteiger partial charge in [-0.05, 0) is 38.4 Å². The number of rotatable bonds is 15. The Labute approximate surface area is 192 Å². The Hall–Kier alpha value is -1.56. The molecule has 1 aromatic carbocycles. The van der Waals surface area contributed by atoms with Gasteiger partial charge >= 0.3 is 0 Å². The molecule has 0 heterocycles. The molecular formula is C22H40N4O5S. The molecule has 0 radical (unpaired) electrons. The quantitative estimate of drug-likeness (QED) is 0.262. The van der Waals surface area contributed by atoms with E-state index in [1.165, 1.54) is 4.31 Å². The lowest BCUT2D eigenvalue weighted by atomic mass is 10.0. The molecule has 10 heteroatoms. The van der Waals surface area contributed by atoms with Crippen molar-refractivity contribution in [2.75, 3.05) is 46.5 Å². The molecule has 184 valence electrons. The number of likely N-dealkylation sites (N-methyl/N-ethyl adjacent to an activating group) is 1. The topological polar surface area (TPSA) is 122 Å². The van der Waals surface area contributed by atoms with Crippen molar-refractivity contribution in [1.82, 2.24) is 19.8 Å². The first kappa shape index (κ1) is 28.5. The Morgan fingerprint density at radius 3 is 2.28 bits per heavy atom. The van der Waals surface area contributed by atoms with Crippen molar-refractivity contribution in [3.8, 4) is 0 Å². The minimum Gasteiger partial charge on any atom is -0.390 e. The maximum Gasteiger partial charge on any atom is 0.234 e. The largest absolute Gasteiger partial charge is 0.390 e. The minimum atomic E-state index is -3.50. The fourth-order valence-electron chi connectivity index (χ4n) is 3.16. The molecule has 0 aromatic heterocycles. The van der Waals surface area contributed by atoms with Gasteiger partial charge in [0.1, 0.15) is 6.23 Å². The predicted molar refractivity (Wildman–Crippen MR) is 127 cm³/mol. The highest BCUT2D eigenvalue weighted by Gasteiger charge is 2.28. The standard InChI is InChI=1S/C22H40N4O5S/c1-17(2)11-12-26(32(5,30)31)15-20(27)19(13-18-9-7-6-8-10-18)24-21(28)14-23-22(29)16-25(3)4/h6-10,17,19-21,24,27-28H,11-16H2,1-5H3,(H,23,29)/t19-,20+,21?/m0/s1. The van der Waals surface area contributed by atoms with Crippen molar-refractivity contribution in [3.63, 3.8) is 0 Å². The van der Waals surface area contributed by atoms with Gasteiger partial charge in [-0.25, -0.2) is 8.42 Å². The number of aliphatic hydroxyl groups is 2. The van der Waals surface area contributed by atoms with Crippen LogP contribution in [-0.2, 0) is 21.2 Å². The van der Waals surface area contributed by atoms with Gasteiger partial charge in [-0.2, -0.15) is 4.31 Å². The highest BCUT2D eigenvalue weighted by atomic mass is 32.2. The zero-order valence-corrected chi connectivity index (χ0v) is 20.7. The molecule has 0 bridgehead atoms. The zero-order chi connectivity index (χ0) is 24.3. The Morgan fingerprint density at radius 2 is 1.75 bits per heavy atom. The smallest absolute Gasteiger partial charge is 0.234 e. The lowest BCUT2D eigenvalue weighted by molar-refractivity contribution is -0.122. The van der Waals surface area contributed by atoms with Gasteiger partial charge in [0, 0.05) is 19.1 Å². The lowest BCUT2D eigenvalue weighted by Crippen LogP contribution is -2.54. The second-order valence-corrected chi connectivity index (χ2v) is 10.9. The molecular weight excluding hydrogens is 432 g/mol. The van der Waals surface area contributed by atoms with E-state index in [1.807, 2.05) is 44.2 Å². The number of aliphatic hydroxyl groups excluding tert-OH is 2. The number of benzene rings is 1. The molecule has 0 spiro atoms. The lowest BCUT2D eigenvalue weighted by Gasteiger charge is -2.31. The maximum absolute atomic E-state index is 12.2. The van der Waals surface area contributed by atoms with Crippen molar-refractivity contribution in [3.05, 3.63) is 35.9 Å². The molecule has 0 fully saturated rings. The summed E-state index contributed by atoms with van der Waals surface area (Å²) in [6.45, 7) is 4.41. The fourth-order valence-corrected chi connectivity index (χ4v) is 4.02. The van der Waals surface area contributed by atoms with Crippen LogP contribution >= 0.6 is 0 Å². The summed E-state index contributed by atoms with van der Waals surface area (Å²) in [6.07, 6.45) is 0.0225. The summed E-state index contributed by atoms with van der Waals surface area (Å²) < 4.78 is 25.8. The Morgan fingerprint density at radius 1 is 1.12 bits per heavy atom. The molecule has 0 saturated heterocycles. The molecule has 0 aliphatic rings. The van der Waals surface area contributed by atoms with Gasteiger partial charge in [0.25, 0.3) is 0 Å². The molecule has 1 unspecified atom stereocenters. The SMILES string of the molecule is CC(C)CCN(C[C@@H](O)[C@H](Cc1ccccc1)NC(O)CNC(=O)CN(C)C)S(C)(=O)=O. The number of hydrogen-bond donors (Lipinski definition) is 4. The Kier molecular flexibility index (Phi) is 12.3. The van der Waals surface area contributed by atoms with E-state index in [9.17, 15) is 23.4 Å². The number of carbonyl (C=O) groups is 1. The summed E-state index contributed by atoms with van der Waals surface area (Å²) in [5, 5.41) is 26.9. The van der Waals surface area contributed by atoms with E-state index in [1.54, 1.807) is 19.0 Å². The average Bonchev–Trinajstić information content (AvgIpc) is 2.68. The van der Waals surface area contributed by atoms with Crippen LogP contribution in [0.25, 0.3) is 0 Å². The number of amides is 1. The van der Waals surface area contributed by atoms with Crippen molar-refractivity contribution in [2.24, 2.45) is 5.92 Å². The second kappa shape index (κ2) is 13.9. The van der Waals surface area contributed by atoms with E-state index < -0.39 is 28.4 Å². The van der Waals surface area contributed by atoms with Crippen LogP contribution in [-0.4, -0.2) is 98.6 Å². The summed E-state index contributed by atoms with van der Waals surface area (Å²) in [6, 6.07) is 8.82. The van der Waals surface area contributed by atoms with E-state index >= 15 is 0 Å². The monoisotopic (exact) mass is 472 g/mol. The van der Waals surface area contributed by atoms with Crippen LogP contribution < -0.4 is 10.6 Å². The molecule has 4 N–H and O–H groups in total. The van der Waals surface area contributed by atoms with Gasteiger partial charge in [-0.3, -0.25) is 10.1 Å². The van der Waals surface area contributed by atoms with E-state index in [0.29, 0.717) is 25.3 Å². The van der Waals surface area contributed by atoms with Crippen LogP contribution in [0.3, 0.4) is 0 Å². The van der Waals surface area contributed by atoms with E-state index in [2.05, 4.69) is 10.6 Å². The summed E-state index contributed by atoms with van der Waals surface area (Å²) in [5.74, 6) is 0.0928. The van der Waals surface area contributed by atoms with Crippen molar-refractivity contribution < 1.29 is 23.4 Å². The van der Waals surface area contributed by atoms with Crippen LogP contribution in [0, 0.1) is 5.92 Å². The molecule has 9 nitrogen and oxygen atoms in total.